The maximum atomic E-state index is 13.2. The molecule has 1 fully saturated rings. The predicted molar refractivity (Wildman–Crippen MR) is 120 cm³/mol. The maximum absolute atomic E-state index is 13.2. The third kappa shape index (κ3) is 4.73. The minimum absolute atomic E-state index is 0.0853. The maximum Gasteiger partial charge on any atom is 0.248 e. The lowest BCUT2D eigenvalue weighted by atomic mass is 9.84. The molecular weight excluding hydrogens is 497 g/mol. The van der Waals surface area contributed by atoms with Crippen LogP contribution >= 0.6 is 50.5 Å². The smallest absolute Gasteiger partial charge is 0.248 e. The Kier molecular flexibility index (Phi) is 6.69. The number of allylic oxidation sites excluding steroid dienone is 2. The number of fused-ring (bicyclic) bond motifs is 1. The van der Waals surface area contributed by atoms with Crippen molar-refractivity contribution in [2.45, 2.75) is 49.9 Å². The van der Waals surface area contributed by atoms with Gasteiger partial charge in [0.1, 0.15) is 11.4 Å². The highest BCUT2D eigenvalue weighted by atomic mass is 79.9. The lowest BCUT2D eigenvalue weighted by Gasteiger charge is -2.32. The van der Waals surface area contributed by atoms with Gasteiger partial charge < -0.3 is 10.2 Å². The molecule has 2 unspecified atom stereocenters. The fourth-order valence-corrected chi connectivity index (χ4v) is 6.00. The normalized spacial score (nSPS) is 26.0. The second kappa shape index (κ2) is 9.08. The Morgan fingerprint density at radius 3 is 2.83 bits per heavy atom. The molecule has 5 nitrogen and oxygen atoms in total. The van der Waals surface area contributed by atoms with Crippen LogP contribution in [0.5, 0.6) is 0 Å². The fourth-order valence-electron chi connectivity index (χ4n) is 4.44. The summed E-state index contributed by atoms with van der Waals surface area (Å²) in [5.41, 5.74) is 0.843. The van der Waals surface area contributed by atoms with Crippen molar-refractivity contribution in [3.63, 3.8) is 0 Å². The van der Waals surface area contributed by atoms with Crippen LogP contribution in [-0.4, -0.2) is 39.5 Å². The molecule has 1 aromatic heterocycles. The zero-order chi connectivity index (χ0) is 20.5. The van der Waals surface area contributed by atoms with Crippen molar-refractivity contribution in [1.29, 1.82) is 0 Å². The second-order valence-electron chi connectivity index (χ2n) is 7.89. The fraction of sp³-hybridized carbons (Fsp3) is 0.550. The molecule has 0 saturated heterocycles. The topological polar surface area (TPSA) is 62.3 Å². The first kappa shape index (κ1) is 21.3. The highest BCUT2D eigenvalue weighted by molar-refractivity contribution is 9.11. The first-order valence-electron chi connectivity index (χ1n) is 9.87. The van der Waals surface area contributed by atoms with Crippen LogP contribution in [-0.2, 0) is 9.59 Å². The number of alkyl halides is 1. The molecule has 29 heavy (non-hydrogen) atoms. The summed E-state index contributed by atoms with van der Waals surface area (Å²) in [5, 5.41) is 3.08. The van der Waals surface area contributed by atoms with Crippen LogP contribution in [0, 0.1) is 11.8 Å². The number of halogens is 3. The van der Waals surface area contributed by atoms with Crippen LogP contribution in [0.1, 0.15) is 38.5 Å². The molecule has 0 radical (unpaired) electrons. The zero-order valence-electron chi connectivity index (χ0n) is 15.7. The van der Waals surface area contributed by atoms with Crippen molar-refractivity contribution in [3.05, 3.63) is 32.9 Å². The van der Waals surface area contributed by atoms with Crippen LogP contribution in [0.2, 0.25) is 0 Å². The van der Waals surface area contributed by atoms with Gasteiger partial charge in [0.25, 0.3) is 0 Å². The molecule has 3 atom stereocenters. The summed E-state index contributed by atoms with van der Waals surface area (Å²) < 4.78 is 0.865. The number of amides is 1. The Morgan fingerprint density at radius 2 is 2.14 bits per heavy atom. The Balaban J connectivity index is 1.55. The lowest BCUT2D eigenvalue weighted by Crippen LogP contribution is -2.44. The van der Waals surface area contributed by atoms with Crippen LogP contribution in [0.3, 0.4) is 0 Å². The van der Waals surface area contributed by atoms with E-state index in [1.807, 2.05) is 11.1 Å². The molecule has 3 aliphatic rings. The number of nitrogens with one attached hydrogen (secondary N) is 1. The van der Waals surface area contributed by atoms with E-state index in [0.717, 1.165) is 28.6 Å². The first-order chi connectivity index (χ1) is 13.9. The molecule has 1 aliphatic heterocycles. The summed E-state index contributed by atoms with van der Waals surface area (Å²) in [6, 6.07) is -0.354. The lowest BCUT2D eigenvalue weighted by molar-refractivity contribution is -0.123. The molecule has 1 aromatic rings. The number of thiazole rings is 1. The van der Waals surface area contributed by atoms with Crippen molar-refractivity contribution in [1.82, 2.24) is 9.88 Å². The Labute approximate surface area is 192 Å². The van der Waals surface area contributed by atoms with Gasteiger partial charge in [0.2, 0.25) is 5.91 Å². The summed E-state index contributed by atoms with van der Waals surface area (Å²) in [7, 11) is 0. The standard InChI is InChI=1S/C20H22BrCl2N3O2S/c21-16-8-24-20(29-16)25-19(28)15(6-11-4-2-1-3-5-11)26-9-12-7-14(22)17(23)18(27)13(12)10-26/h7-9,11,13,15,17H,1-6,10H2,(H,24,25,28)/t13?,15?,17-/m1/s1. The predicted octanol–water partition coefficient (Wildman–Crippen LogP) is 5.31. The summed E-state index contributed by atoms with van der Waals surface area (Å²) in [4.78, 5) is 32.0. The minimum atomic E-state index is -0.794. The number of aromatic nitrogens is 1. The van der Waals surface area contributed by atoms with Gasteiger partial charge in [-0.05, 0) is 39.9 Å². The van der Waals surface area contributed by atoms with E-state index in [2.05, 4.69) is 26.2 Å². The molecule has 1 amide bonds. The number of hydrogen-bond donors (Lipinski definition) is 1. The van der Waals surface area contributed by atoms with Crippen molar-refractivity contribution in [2.24, 2.45) is 11.8 Å². The van der Waals surface area contributed by atoms with Crippen molar-refractivity contribution in [3.8, 4) is 0 Å². The molecule has 0 aromatic carbocycles. The largest absolute Gasteiger partial charge is 0.364 e. The van der Waals surface area contributed by atoms with E-state index < -0.39 is 5.38 Å². The summed E-state index contributed by atoms with van der Waals surface area (Å²) in [5.74, 6) is 0.0151. The quantitative estimate of drug-likeness (QED) is 0.536. The summed E-state index contributed by atoms with van der Waals surface area (Å²) in [6.07, 6.45) is 12.1. The summed E-state index contributed by atoms with van der Waals surface area (Å²) >= 11 is 17.1. The van der Waals surface area contributed by atoms with Crippen molar-refractivity contribution < 1.29 is 9.59 Å². The van der Waals surface area contributed by atoms with E-state index in [9.17, 15) is 9.59 Å². The second-order valence-corrected chi connectivity index (χ2v) is 11.2. The zero-order valence-corrected chi connectivity index (χ0v) is 19.7. The number of anilines is 1. The number of carbonyl (C=O) groups excluding carboxylic acids is 2. The summed E-state index contributed by atoms with van der Waals surface area (Å²) in [6.45, 7) is 0.463. The van der Waals surface area contributed by atoms with Crippen LogP contribution in [0.25, 0.3) is 0 Å². The number of Topliss-reactive ketones (excluding diaryl/α,β-unsaturated/α-hetero) is 1. The Morgan fingerprint density at radius 1 is 1.38 bits per heavy atom. The number of ketones is 1. The number of carbonyl (C=O) groups is 2. The third-order valence-electron chi connectivity index (χ3n) is 5.94. The van der Waals surface area contributed by atoms with E-state index >= 15 is 0 Å². The van der Waals surface area contributed by atoms with E-state index in [0.29, 0.717) is 22.6 Å². The molecule has 0 spiro atoms. The SMILES string of the molecule is O=C(Nc1ncc(Br)s1)C(CC1CCCCC1)N1C=C2C=C(Cl)[C@@H](Cl)C(=O)C2C1. The van der Waals surface area contributed by atoms with E-state index in [-0.39, 0.29) is 23.7 Å². The molecule has 1 N–H and O–H groups in total. The van der Waals surface area contributed by atoms with Gasteiger partial charge in [-0.15, -0.1) is 11.6 Å². The molecule has 2 aliphatic carbocycles. The number of nitrogens with zero attached hydrogens (tertiary/aromatic N) is 2. The first-order valence-corrected chi connectivity index (χ1v) is 12.3. The number of hydrogen-bond acceptors (Lipinski definition) is 5. The van der Waals surface area contributed by atoms with E-state index in [1.165, 1.54) is 30.6 Å². The van der Waals surface area contributed by atoms with Gasteiger partial charge in [-0.2, -0.15) is 0 Å². The van der Waals surface area contributed by atoms with Gasteiger partial charge in [-0.3, -0.25) is 9.59 Å². The van der Waals surface area contributed by atoms with Gasteiger partial charge >= 0.3 is 0 Å². The van der Waals surface area contributed by atoms with Crippen LogP contribution in [0.4, 0.5) is 5.13 Å². The molecule has 4 rings (SSSR count). The van der Waals surface area contributed by atoms with Gasteiger partial charge in [-0.1, -0.05) is 55.0 Å². The average Bonchev–Trinajstić information content (AvgIpc) is 3.31. The van der Waals surface area contributed by atoms with E-state index in [4.69, 9.17) is 23.2 Å². The monoisotopic (exact) mass is 517 g/mol. The molecular formula is C20H22BrCl2N3O2S. The molecule has 1 saturated carbocycles. The third-order valence-corrected chi connectivity index (χ3v) is 8.22. The molecule has 9 heteroatoms. The van der Waals surface area contributed by atoms with E-state index in [1.54, 1.807) is 12.3 Å². The highest BCUT2D eigenvalue weighted by Crippen LogP contribution is 2.38. The van der Waals surface area contributed by atoms with Crippen LogP contribution < -0.4 is 5.32 Å². The molecule has 0 bridgehead atoms. The van der Waals surface area contributed by atoms with Gasteiger partial charge in [0.15, 0.2) is 10.9 Å². The minimum Gasteiger partial charge on any atom is -0.364 e. The van der Waals surface area contributed by atoms with Gasteiger partial charge in [0.05, 0.1) is 15.9 Å². The molecule has 2 heterocycles. The molecule has 156 valence electrons. The van der Waals surface area contributed by atoms with Crippen molar-refractivity contribution >= 4 is 67.3 Å². The van der Waals surface area contributed by atoms with Gasteiger partial charge in [-0.25, -0.2) is 4.98 Å². The van der Waals surface area contributed by atoms with Crippen molar-refractivity contribution in [2.75, 3.05) is 11.9 Å². The number of rotatable bonds is 5. The Hall–Kier alpha value is -0.890. The average molecular weight is 519 g/mol. The highest BCUT2D eigenvalue weighted by Gasteiger charge is 2.41. The Bertz CT molecular complexity index is 866. The van der Waals surface area contributed by atoms with Crippen LogP contribution in [0.15, 0.2) is 32.9 Å². The van der Waals surface area contributed by atoms with Gasteiger partial charge in [0, 0.05) is 17.8 Å².